The Morgan fingerprint density at radius 2 is 1.88 bits per heavy atom. The zero-order valence-electron chi connectivity index (χ0n) is 24.3. The van der Waals surface area contributed by atoms with Crippen LogP contribution in [0, 0.1) is 0 Å². The van der Waals surface area contributed by atoms with E-state index in [1.165, 1.54) is 5.56 Å². The Balaban J connectivity index is 1.58. The van der Waals surface area contributed by atoms with Crippen molar-refractivity contribution in [3.8, 4) is 0 Å². The fourth-order valence-electron chi connectivity index (χ4n) is 5.92. The summed E-state index contributed by atoms with van der Waals surface area (Å²) < 4.78 is 6.33. The Morgan fingerprint density at radius 1 is 1.14 bits per heavy atom. The fourth-order valence-corrected chi connectivity index (χ4v) is 6.24. The maximum atomic E-state index is 14.1. The molecule has 0 radical (unpaired) electrons. The van der Waals surface area contributed by atoms with Gasteiger partial charge < -0.3 is 24.9 Å². The number of fused-ring (bicyclic) bond motifs is 1. The van der Waals surface area contributed by atoms with Crippen LogP contribution in [0.5, 0.6) is 0 Å². The van der Waals surface area contributed by atoms with Crippen molar-refractivity contribution in [3.63, 3.8) is 0 Å². The third-order valence-electron chi connectivity index (χ3n) is 7.80. The van der Waals surface area contributed by atoms with Gasteiger partial charge in [-0.3, -0.25) is 15.0 Å². The average molecular weight is 620 g/mol. The summed E-state index contributed by atoms with van der Waals surface area (Å²) in [6.45, 7) is 6.85. The highest BCUT2D eigenvalue weighted by molar-refractivity contribution is 6.42. The van der Waals surface area contributed by atoms with Gasteiger partial charge in [0.25, 0.3) is 0 Å². The lowest BCUT2D eigenvalue weighted by molar-refractivity contribution is -0.152. The molecular formula is C31H40Cl2N4O5. The number of rotatable bonds is 11. The number of halogens is 2. The van der Waals surface area contributed by atoms with E-state index in [4.69, 9.17) is 27.9 Å². The molecule has 0 saturated carbocycles. The van der Waals surface area contributed by atoms with Crippen LogP contribution >= 0.6 is 23.2 Å². The lowest BCUT2D eigenvalue weighted by Gasteiger charge is -2.38. The molecule has 2 fully saturated rings. The number of nitrogens with zero attached hydrogens (tertiary/aromatic N) is 2. The first-order valence-corrected chi connectivity index (χ1v) is 15.1. The van der Waals surface area contributed by atoms with Crippen LogP contribution in [0.15, 0.2) is 48.5 Å². The summed E-state index contributed by atoms with van der Waals surface area (Å²) >= 11 is 12.3. The summed E-state index contributed by atoms with van der Waals surface area (Å²) in [5.74, 6) is -0.192. The van der Waals surface area contributed by atoms with Gasteiger partial charge in [0, 0.05) is 31.7 Å². The normalized spacial score (nSPS) is 22.7. The zero-order chi connectivity index (χ0) is 30.4. The highest BCUT2D eigenvalue weighted by Gasteiger charge is 2.47. The molecular weight excluding hydrogens is 579 g/mol. The van der Waals surface area contributed by atoms with E-state index in [1.54, 1.807) is 17.0 Å². The summed E-state index contributed by atoms with van der Waals surface area (Å²) in [5, 5.41) is 16.1. The molecule has 0 aromatic heterocycles. The van der Waals surface area contributed by atoms with Crippen LogP contribution in [0.4, 0.5) is 4.79 Å². The van der Waals surface area contributed by atoms with Gasteiger partial charge in [0.2, 0.25) is 5.91 Å². The lowest BCUT2D eigenvalue weighted by Crippen LogP contribution is -2.58. The largest absolute Gasteiger partial charge is 0.465 e. The smallest absolute Gasteiger partial charge is 0.404 e. The molecule has 2 saturated heterocycles. The third-order valence-corrected chi connectivity index (χ3v) is 8.54. The molecule has 0 aliphatic carbocycles. The molecule has 228 valence electrons. The number of benzene rings is 2. The second kappa shape index (κ2) is 14.2. The standard InChI is InChI=1S/C31H40Cl2N4O5/c1-31(2,3)42-28(34-17-21-10-12-24(32)25(33)15-21)27(19-38)36-14-13-23(11-9-20-7-5-4-6-8-20)37-18-22(35-30(40)41)16-26(37)29(36)39/h4-8,10,12,15,19,22-23,26-28,34-35H,9,11,13-14,16-18H2,1-3H3,(H,40,41)/t22-,23?,26+,27+,28-/m1/s1. The van der Waals surface area contributed by atoms with Crippen molar-refractivity contribution >= 4 is 41.5 Å². The van der Waals surface area contributed by atoms with E-state index in [-0.39, 0.29) is 18.0 Å². The highest BCUT2D eigenvalue weighted by Crippen LogP contribution is 2.31. The number of ether oxygens (including phenoxy) is 1. The number of aldehydes is 1. The van der Waals surface area contributed by atoms with Crippen molar-refractivity contribution < 1.29 is 24.2 Å². The van der Waals surface area contributed by atoms with Crippen LogP contribution in [0.3, 0.4) is 0 Å². The number of nitrogens with one attached hydrogen (secondary N) is 2. The van der Waals surface area contributed by atoms with Crippen LogP contribution in [0.2, 0.25) is 10.0 Å². The van der Waals surface area contributed by atoms with Gasteiger partial charge in [-0.1, -0.05) is 59.6 Å². The Kier molecular flexibility index (Phi) is 10.9. The van der Waals surface area contributed by atoms with Crippen LogP contribution in [0.1, 0.15) is 51.2 Å². The molecule has 42 heavy (non-hydrogen) atoms. The van der Waals surface area contributed by atoms with Gasteiger partial charge >= 0.3 is 6.09 Å². The molecule has 4 rings (SSSR count). The van der Waals surface area contributed by atoms with E-state index in [0.29, 0.717) is 42.5 Å². The summed E-state index contributed by atoms with van der Waals surface area (Å²) in [4.78, 5) is 42.1. The summed E-state index contributed by atoms with van der Waals surface area (Å²) in [6.07, 6.45) is 1.49. The molecule has 9 nitrogen and oxygen atoms in total. The molecule has 2 aliphatic rings. The molecule has 2 aromatic rings. The van der Waals surface area contributed by atoms with Crippen molar-refractivity contribution in [3.05, 3.63) is 69.7 Å². The molecule has 2 amide bonds. The van der Waals surface area contributed by atoms with Gasteiger partial charge in [-0.05, 0) is 69.7 Å². The van der Waals surface area contributed by atoms with E-state index < -0.39 is 30.0 Å². The van der Waals surface area contributed by atoms with Gasteiger partial charge in [-0.2, -0.15) is 0 Å². The van der Waals surface area contributed by atoms with Crippen molar-refractivity contribution in [1.82, 2.24) is 20.4 Å². The number of hydrogen-bond donors (Lipinski definition) is 3. The van der Waals surface area contributed by atoms with Crippen LogP contribution in [-0.2, 0) is 27.3 Å². The number of amides is 2. The minimum atomic E-state index is -1.11. The summed E-state index contributed by atoms with van der Waals surface area (Å²) in [5.41, 5.74) is 1.45. The van der Waals surface area contributed by atoms with E-state index in [2.05, 4.69) is 27.7 Å². The zero-order valence-corrected chi connectivity index (χ0v) is 25.8. The molecule has 0 bridgehead atoms. The Labute approximate surface area is 257 Å². The molecule has 11 heteroatoms. The van der Waals surface area contributed by atoms with E-state index in [1.807, 2.05) is 45.0 Å². The topological polar surface area (TPSA) is 111 Å². The van der Waals surface area contributed by atoms with Gasteiger partial charge in [0.15, 0.2) is 0 Å². The molecule has 2 heterocycles. The highest BCUT2D eigenvalue weighted by atomic mass is 35.5. The van der Waals surface area contributed by atoms with Crippen molar-refractivity contribution in [2.45, 2.75) is 89.0 Å². The molecule has 2 aromatic carbocycles. The van der Waals surface area contributed by atoms with Crippen LogP contribution in [0.25, 0.3) is 0 Å². The third kappa shape index (κ3) is 8.45. The van der Waals surface area contributed by atoms with Crippen molar-refractivity contribution in [2.24, 2.45) is 0 Å². The number of carboxylic acid groups (broad SMARTS) is 1. The molecule has 1 unspecified atom stereocenters. The van der Waals surface area contributed by atoms with Gasteiger partial charge in [-0.15, -0.1) is 0 Å². The second-order valence-electron chi connectivity index (χ2n) is 12.0. The number of carbonyl (C=O) groups is 3. The molecule has 3 N–H and O–H groups in total. The fraction of sp³-hybridized carbons (Fsp3) is 0.516. The van der Waals surface area contributed by atoms with Crippen molar-refractivity contribution in [2.75, 3.05) is 13.1 Å². The summed E-state index contributed by atoms with van der Waals surface area (Å²) in [6, 6.07) is 13.7. The first-order valence-electron chi connectivity index (χ1n) is 14.3. The van der Waals surface area contributed by atoms with Crippen LogP contribution < -0.4 is 10.6 Å². The summed E-state index contributed by atoms with van der Waals surface area (Å²) in [7, 11) is 0. The Hall–Kier alpha value is -2.69. The predicted octanol–water partition coefficient (Wildman–Crippen LogP) is 4.74. The maximum absolute atomic E-state index is 14.1. The van der Waals surface area contributed by atoms with Crippen molar-refractivity contribution in [1.29, 1.82) is 0 Å². The molecule has 2 aliphatic heterocycles. The number of aryl methyl sites for hydroxylation is 1. The lowest BCUT2D eigenvalue weighted by atomic mass is 10.0. The second-order valence-corrected chi connectivity index (χ2v) is 12.8. The predicted molar refractivity (Wildman–Crippen MR) is 163 cm³/mol. The monoisotopic (exact) mass is 618 g/mol. The number of carbonyl (C=O) groups excluding carboxylic acids is 2. The quantitative estimate of drug-likeness (QED) is 0.246. The molecule has 5 atom stereocenters. The Bertz CT molecular complexity index is 1240. The number of hydrogen-bond acceptors (Lipinski definition) is 6. The maximum Gasteiger partial charge on any atom is 0.404 e. The van der Waals surface area contributed by atoms with E-state index in [0.717, 1.165) is 24.7 Å². The average Bonchev–Trinajstić information content (AvgIpc) is 3.29. The van der Waals surface area contributed by atoms with Gasteiger partial charge in [0.05, 0.1) is 21.7 Å². The van der Waals surface area contributed by atoms with Gasteiger partial charge in [-0.25, -0.2) is 4.79 Å². The SMILES string of the molecule is CC(C)(C)O[C@@H](NCc1ccc(Cl)c(Cl)c1)[C@H](C=O)N1CCC(CCc2ccccc2)N2C[C@H](NC(=O)O)C[C@H]2C1=O. The van der Waals surface area contributed by atoms with Gasteiger partial charge in [0.1, 0.15) is 18.6 Å². The Morgan fingerprint density at radius 3 is 2.52 bits per heavy atom. The first kappa shape index (κ1) is 32.2. The van der Waals surface area contributed by atoms with E-state index in [9.17, 15) is 19.5 Å². The minimum Gasteiger partial charge on any atom is -0.465 e. The minimum absolute atomic E-state index is 0.0446. The van der Waals surface area contributed by atoms with E-state index >= 15 is 0 Å². The van der Waals surface area contributed by atoms with Crippen LogP contribution in [-0.4, -0.2) is 82.3 Å². The molecule has 0 spiro atoms. The first-order chi connectivity index (χ1) is 19.9.